The quantitative estimate of drug-likeness (QED) is 0.922. The van der Waals surface area contributed by atoms with Gasteiger partial charge in [-0.15, -0.1) is 0 Å². The molecule has 3 rings (SSSR count). The van der Waals surface area contributed by atoms with Gasteiger partial charge in [0.2, 0.25) is 0 Å². The monoisotopic (exact) mass is 284 g/mol. The number of hydrogen-bond acceptors (Lipinski definition) is 4. The summed E-state index contributed by atoms with van der Waals surface area (Å²) in [4.78, 5) is 15.9. The van der Waals surface area contributed by atoms with Gasteiger partial charge in [-0.2, -0.15) is 0 Å². The molecule has 1 fully saturated rings. The van der Waals surface area contributed by atoms with E-state index in [0.717, 1.165) is 29.9 Å². The van der Waals surface area contributed by atoms with Crippen molar-refractivity contribution in [1.29, 1.82) is 0 Å². The molecule has 1 aromatic heterocycles. The summed E-state index contributed by atoms with van der Waals surface area (Å²) in [5.41, 5.74) is 0.326. The molecule has 1 atom stereocenters. The third-order valence-electron chi connectivity index (χ3n) is 2.88. The lowest BCUT2D eigenvalue weighted by molar-refractivity contribution is -0.124. The summed E-state index contributed by atoms with van der Waals surface area (Å²) in [5, 5.41) is 2.93. The third-order valence-corrected chi connectivity index (χ3v) is 3.82. The van der Waals surface area contributed by atoms with E-state index in [1.54, 1.807) is 0 Å². The molecule has 0 spiro atoms. The Morgan fingerprint density at radius 1 is 1.42 bits per heavy atom. The molecule has 1 saturated heterocycles. The smallest absolute Gasteiger partial charge is 0.255 e. The first-order valence-electron chi connectivity index (χ1n) is 5.81. The topological polar surface area (TPSA) is 51.2 Å². The summed E-state index contributed by atoms with van der Waals surface area (Å²) in [6.07, 6.45) is 1.08. The lowest BCUT2D eigenvalue weighted by Crippen LogP contribution is -2.26. The maximum absolute atomic E-state index is 13.1. The molecule has 1 aliphatic heterocycles. The Morgan fingerprint density at radius 3 is 2.95 bits per heavy atom. The Kier molecular flexibility index (Phi) is 3.16. The van der Waals surface area contributed by atoms with Crippen LogP contribution in [0.4, 0.5) is 13.9 Å². The van der Waals surface area contributed by atoms with Gasteiger partial charge in [-0.05, 0) is 18.9 Å². The number of aromatic nitrogens is 1. The summed E-state index contributed by atoms with van der Waals surface area (Å²) in [5.74, 6) is -2.14. The van der Waals surface area contributed by atoms with Crippen molar-refractivity contribution in [2.45, 2.75) is 18.9 Å². The van der Waals surface area contributed by atoms with Gasteiger partial charge in [0.05, 0.1) is 10.2 Å². The minimum Gasteiger partial charge on any atom is -0.368 e. The molecule has 0 aliphatic carbocycles. The molecule has 1 aliphatic rings. The second-order valence-corrected chi connectivity index (χ2v) is 5.27. The SMILES string of the molecule is O=C(Nc1nc2cc(F)c(F)cc2s1)C1CCCO1. The van der Waals surface area contributed by atoms with Gasteiger partial charge in [0, 0.05) is 12.7 Å². The highest BCUT2D eigenvalue weighted by atomic mass is 32.1. The zero-order chi connectivity index (χ0) is 13.4. The van der Waals surface area contributed by atoms with Crippen LogP contribution < -0.4 is 5.32 Å². The first kappa shape index (κ1) is 12.4. The average molecular weight is 284 g/mol. The van der Waals surface area contributed by atoms with E-state index in [2.05, 4.69) is 10.3 Å². The molecular weight excluding hydrogens is 274 g/mol. The number of thiazole rings is 1. The number of halogens is 2. The number of carbonyl (C=O) groups is 1. The van der Waals surface area contributed by atoms with E-state index in [9.17, 15) is 13.6 Å². The van der Waals surface area contributed by atoms with Crippen LogP contribution in [0.25, 0.3) is 10.2 Å². The van der Waals surface area contributed by atoms with Gasteiger partial charge in [0.15, 0.2) is 16.8 Å². The average Bonchev–Trinajstić information content (AvgIpc) is 2.98. The Morgan fingerprint density at radius 2 is 2.21 bits per heavy atom. The highest BCUT2D eigenvalue weighted by molar-refractivity contribution is 7.22. The van der Waals surface area contributed by atoms with Gasteiger partial charge < -0.3 is 4.74 Å². The number of amides is 1. The highest BCUT2D eigenvalue weighted by Gasteiger charge is 2.24. The Labute approximate surface area is 111 Å². The summed E-state index contributed by atoms with van der Waals surface area (Å²) < 4.78 is 31.8. The molecule has 2 heterocycles. The molecule has 19 heavy (non-hydrogen) atoms. The molecule has 7 heteroatoms. The van der Waals surface area contributed by atoms with Crippen molar-refractivity contribution < 1.29 is 18.3 Å². The van der Waals surface area contributed by atoms with Gasteiger partial charge in [-0.3, -0.25) is 10.1 Å². The third kappa shape index (κ3) is 2.43. The number of hydrogen-bond donors (Lipinski definition) is 1. The summed E-state index contributed by atoms with van der Waals surface area (Å²) >= 11 is 1.10. The van der Waals surface area contributed by atoms with Gasteiger partial charge in [0.25, 0.3) is 5.91 Å². The van der Waals surface area contributed by atoms with Crippen LogP contribution in [0.2, 0.25) is 0 Å². The van der Waals surface area contributed by atoms with Crippen LogP contribution in [0.1, 0.15) is 12.8 Å². The number of benzene rings is 1. The van der Waals surface area contributed by atoms with E-state index in [1.807, 2.05) is 0 Å². The predicted octanol–water partition coefficient (Wildman–Crippen LogP) is 2.69. The fourth-order valence-electron chi connectivity index (χ4n) is 1.95. The minimum atomic E-state index is -0.949. The van der Waals surface area contributed by atoms with Crippen LogP contribution in [0.5, 0.6) is 0 Å². The number of fused-ring (bicyclic) bond motifs is 1. The standard InChI is InChI=1S/C12H10F2N2O2S/c13-6-4-8-10(5-7(6)14)19-12(15-8)16-11(17)9-2-1-3-18-9/h4-5,9H,1-3H2,(H,15,16,17). The molecule has 1 unspecified atom stereocenters. The zero-order valence-electron chi connectivity index (χ0n) is 9.78. The van der Waals surface area contributed by atoms with Crippen LogP contribution in [-0.2, 0) is 9.53 Å². The van der Waals surface area contributed by atoms with E-state index in [-0.39, 0.29) is 5.91 Å². The number of rotatable bonds is 2. The molecule has 1 N–H and O–H groups in total. The molecule has 2 aromatic rings. The number of ether oxygens (including phenoxy) is 1. The maximum atomic E-state index is 13.1. The molecule has 0 bridgehead atoms. The Bertz CT molecular complexity index is 599. The highest BCUT2D eigenvalue weighted by Crippen LogP contribution is 2.28. The number of carbonyl (C=O) groups excluding carboxylic acids is 1. The Balaban J connectivity index is 1.83. The van der Waals surface area contributed by atoms with Crippen molar-refractivity contribution in [3.05, 3.63) is 23.8 Å². The van der Waals surface area contributed by atoms with E-state index >= 15 is 0 Å². The summed E-state index contributed by atoms with van der Waals surface area (Å²) in [6, 6.07) is 2.09. The van der Waals surface area contributed by atoms with Crippen molar-refractivity contribution in [2.24, 2.45) is 0 Å². The van der Waals surface area contributed by atoms with E-state index in [4.69, 9.17) is 4.74 Å². The normalized spacial score (nSPS) is 18.9. The fourth-order valence-corrected chi connectivity index (χ4v) is 2.82. The van der Waals surface area contributed by atoms with Gasteiger partial charge in [-0.1, -0.05) is 11.3 Å². The van der Waals surface area contributed by atoms with E-state index in [1.165, 1.54) is 0 Å². The van der Waals surface area contributed by atoms with Crippen molar-refractivity contribution in [2.75, 3.05) is 11.9 Å². The summed E-state index contributed by atoms with van der Waals surface area (Å²) in [7, 11) is 0. The molecule has 0 radical (unpaired) electrons. The molecule has 0 saturated carbocycles. The number of nitrogens with zero attached hydrogens (tertiary/aromatic N) is 1. The van der Waals surface area contributed by atoms with Crippen LogP contribution in [0.15, 0.2) is 12.1 Å². The van der Waals surface area contributed by atoms with Crippen molar-refractivity contribution in [3.8, 4) is 0 Å². The molecular formula is C12H10F2N2O2S. The largest absolute Gasteiger partial charge is 0.368 e. The first-order valence-corrected chi connectivity index (χ1v) is 6.63. The summed E-state index contributed by atoms with van der Waals surface area (Å²) in [6.45, 7) is 0.578. The lowest BCUT2D eigenvalue weighted by atomic mass is 10.2. The molecule has 100 valence electrons. The van der Waals surface area contributed by atoms with E-state index < -0.39 is 17.7 Å². The Hall–Kier alpha value is -1.60. The molecule has 4 nitrogen and oxygen atoms in total. The maximum Gasteiger partial charge on any atom is 0.255 e. The second-order valence-electron chi connectivity index (χ2n) is 4.24. The van der Waals surface area contributed by atoms with Gasteiger partial charge >= 0.3 is 0 Å². The predicted molar refractivity (Wildman–Crippen MR) is 67.1 cm³/mol. The van der Waals surface area contributed by atoms with Crippen LogP contribution in [-0.4, -0.2) is 23.6 Å². The van der Waals surface area contributed by atoms with Crippen LogP contribution >= 0.6 is 11.3 Å². The van der Waals surface area contributed by atoms with Crippen LogP contribution in [0, 0.1) is 11.6 Å². The zero-order valence-corrected chi connectivity index (χ0v) is 10.6. The fraction of sp³-hybridized carbons (Fsp3) is 0.333. The van der Waals surface area contributed by atoms with Gasteiger partial charge in [-0.25, -0.2) is 13.8 Å². The van der Waals surface area contributed by atoms with E-state index in [0.29, 0.717) is 28.4 Å². The molecule has 1 amide bonds. The lowest BCUT2D eigenvalue weighted by Gasteiger charge is -2.07. The van der Waals surface area contributed by atoms with Gasteiger partial charge in [0.1, 0.15) is 6.10 Å². The first-order chi connectivity index (χ1) is 9.13. The molecule has 1 aromatic carbocycles. The number of nitrogens with one attached hydrogen (secondary N) is 1. The van der Waals surface area contributed by atoms with Crippen molar-refractivity contribution in [3.63, 3.8) is 0 Å². The van der Waals surface area contributed by atoms with Crippen molar-refractivity contribution in [1.82, 2.24) is 4.98 Å². The number of anilines is 1. The van der Waals surface area contributed by atoms with Crippen LogP contribution in [0.3, 0.4) is 0 Å². The minimum absolute atomic E-state index is 0.266. The van der Waals surface area contributed by atoms with Crippen molar-refractivity contribution >= 4 is 32.6 Å². The second kappa shape index (κ2) is 4.82.